The van der Waals surface area contributed by atoms with E-state index in [1.807, 2.05) is 44.2 Å². The summed E-state index contributed by atoms with van der Waals surface area (Å²) < 4.78 is 31.7. The Hall–Kier alpha value is -3.67. The van der Waals surface area contributed by atoms with E-state index in [9.17, 15) is 9.50 Å². The van der Waals surface area contributed by atoms with Crippen LogP contribution in [0, 0.1) is 23.6 Å². The maximum Gasteiger partial charge on any atom is 0.165 e. The second-order valence-corrected chi connectivity index (χ2v) is 13.1. The van der Waals surface area contributed by atoms with Crippen molar-refractivity contribution in [2.45, 2.75) is 76.6 Å². The molecule has 242 valence electrons. The Labute approximate surface area is 273 Å². The van der Waals surface area contributed by atoms with Crippen LogP contribution in [0.25, 0.3) is 0 Å². The predicted octanol–water partition coefficient (Wildman–Crippen LogP) is 9.44. The Balaban J connectivity index is 0.00000182. The number of halogens is 1. The molecule has 0 saturated heterocycles. The zero-order valence-electron chi connectivity index (χ0n) is 27.3. The van der Waals surface area contributed by atoms with Crippen LogP contribution < -0.4 is 9.47 Å². The maximum atomic E-state index is 13.9. The largest absolute Gasteiger partial charge is 0.493 e. The Bertz CT molecular complexity index is 1540. The summed E-state index contributed by atoms with van der Waals surface area (Å²) in [6, 6.07) is 32.4. The van der Waals surface area contributed by atoms with Crippen molar-refractivity contribution in [3.05, 3.63) is 131 Å². The van der Waals surface area contributed by atoms with E-state index < -0.39 is 5.79 Å². The van der Waals surface area contributed by atoms with Crippen LogP contribution in [0.4, 0.5) is 4.39 Å². The lowest BCUT2D eigenvalue weighted by Gasteiger charge is -2.35. The van der Waals surface area contributed by atoms with Gasteiger partial charge >= 0.3 is 0 Å². The lowest BCUT2D eigenvalue weighted by atomic mass is 9.69. The summed E-state index contributed by atoms with van der Waals surface area (Å²) in [5.41, 5.74) is 6.17. The molecular formula is C41H47FO4. The first-order valence-corrected chi connectivity index (χ1v) is 17.0. The van der Waals surface area contributed by atoms with E-state index in [1.165, 1.54) is 22.3 Å². The first-order chi connectivity index (χ1) is 22.5. The minimum absolute atomic E-state index is 0.148. The van der Waals surface area contributed by atoms with Gasteiger partial charge in [-0.2, -0.15) is 0 Å². The summed E-state index contributed by atoms with van der Waals surface area (Å²) in [6.45, 7) is 5.24. The summed E-state index contributed by atoms with van der Waals surface area (Å²) in [5, 5.41) is 10.5. The summed E-state index contributed by atoms with van der Waals surface area (Å²) in [5.74, 6) is 2.59. The van der Waals surface area contributed by atoms with Crippen LogP contribution in [0.15, 0.2) is 97.1 Å². The molecule has 0 bridgehead atoms. The fourth-order valence-corrected chi connectivity index (χ4v) is 8.14. The van der Waals surface area contributed by atoms with Gasteiger partial charge in [0, 0.05) is 25.9 Å². The second kappa shape index (κ2) is 14.4. The molecule has 7 rings (SSSR count). The second-order valence-electron chi connectivity index (χ2n) is 13.1. The Morgan fingerprint density at radius 3 is 2.11 bits per heavy atom. The van der Waals surface area contributed by atoms with Gasteiger partial charge in [0.15, 0.2) is 5.79 Å². The van der Waals surface area contributed by atoms with E-state index in [4.69, 9.17) is 14.2 Å². The van der Waals surface area contributed by atoms with Gasteiger partial charge in [-0.15, -0.1) is 0 Å². The monoisotopic (exact) mass is 622 g/mol. The lowest BCUT2D eigenvalue weighted by Crippen LogP contribution is -2.28. The maximum absolute atomic E-state index is 13.9. The van der Waals surface area contributed by atoms with Gasteiger partial charge in [-0.25, -0.2) is 4.39 Å². The van der Waals surface area contributed by atoms with Crippen molar-refractivity contribution in [3.63, 3.8) is 0 Å². The third-order valence-corrected chi connectivity index (χ3v) is 10.3. The average Bonchev–Trinajstić information content (AvgIpc) is 3.62. The van der Waals surface area contributed by atoms with Crippen LogP contribution in [0.5, 0.6) is 11.5 Å². The molecular weight excluding hydrogens is 575 g/mol. The molecule has 0 radical (unpaired) electrons. The Morgan fingerprint density at radius 2 is 1.43 bits per heavy atom. The summed E-state index contributed by atoms with van der Waals surface area (Å²) in [4.78, 5) is 0. The van der Waals surface area contributed by atoms with E-state index in [1.54, 1.807) is 19.2 Å². The molecule has 4 aromatic rings. The quantitative estimate of drug-likeness (QED) is 0.189. The summed E-state index contributed by atoms with van der Waals surface area (Å²) >= 11 is 0. The fourth-order valence-electron chi connectivity index (χ4n) is 8.14. The molecule has 2 fully saturated rings. The molecule has 46 heavy (non-hydrogen) atoms. The number of aliphatic hydroxyl groups is 1. The molecule has 1 N–H and O–H groups in total. The number of ether oxygens (including phenoxy) is 3. The van der Waals surface area contributed by atoms with Crippen LogP contribution >= 0.6 is 0 Å². The molecule has 4 nitrogen and oxygen atoms in total. The van der Waals surface area contributed by atoms with Crippen molar-refractivity contribution in [1.29, 1.82) is 0 Å². The van der Waals surface area contributed by atoms with E-state index in [0.29, 0.717) is 31.0 Å². The molecule has 0 aliphatic heterocycles. The van der Waals surface area contributed by atoms with Gasteiger partial charge in [0.1, 0.15) is 23.9 Å². The molecule has 0 aromatic heterocycles. The Morgan fingerprint density at radius 1 is 0.783 bits per heavy atom. The average molecular weight is 623 g/mol. The van der Waals surface area contributed by atoms with E-state index in [0.717, 1.165) is 55.6 Å². The van der Waals surface area contributed by atoms with E-state index >= 15 is 0 Å². The zero-order chi connectivity index (χ0) is 32.1. The minimum Gasteiger partial charge on any atom is -0.493 e. The van der Waals surface area contributed by atoms with Gasteiger partial charge in [0.25, 0.3) is 0 Å². The molecule has 2 saturated carbocycles. The molecule has 4 atom stereocenters. The molecule has 4 aromatic carbocycles. The standard InChI is InChI=1S/C39H41FO4.C2H6/c1-42-39(41)22-31-19-27(20-32(31)23-39)25-43-34-14-9-29(10-15-34)38-36(28-7-12-33(40)13-8-28)17-11-30-21-35(16-18-37(30)38)44-24-26-5-3-2-4-6-26;1-2/h2-10,12-16,18,21,27,31-32,36,38,41H,11,17,19-20,22-25H2,1H3;1-2H3. The molecule has 4 unspecified atom stereocenters. The fraction of sp³-hybridized carbons (Fsp3) is 0.415. The summed E-state index contributed by atoms with van der Waals surface area (Å²) in [6.07, 6.45) is 5.57. The highest BCUT2D eigenvalue weighted by molar-refractivity contribution is 5.48. The topological polar surface area (TPSA) is 47.9 Å². The van der Waals surface area contributed by atoms with Crippen molar-refractivity contribution in [1.82, 2.24) is 0 Å². The number of benzene rings is 4. The van der Waals surface area contributed by atoms with Crippen LogP contribution in [0.1, 0.15) is 85.6 Å². The van der Waals surface area contributed by atoms with Gasteiger partial charge < -0.3 is 19.3 Å². The number of methoxy groups -OCH3 is 1. The smallest absolute Gasteiger partial charge is 0.165 e. The van der Waals surface area contributed by atoms with Crippen molar-refractivity contribution in [2.24, 2.45) is 17.8 Å². The third-order valence-electron chi connectivity index (χ3n) is 10.3. The van der Waals surface area contributed by atoms with Gasteiger partial charge in [-0.1, -0.05) is 74.5 Å². The van der Waals surface area contributed by atoms with Crippen molar-refractivity contribution in [2.75, 3.05) is 13.7 Å². The zero-order valence-corrected chi connectivity index (χ0v) is 27.3. The van der Waals surface area contributed by atoms with Gasteiger partial charge in [-0.3, -0.25) is 0 Å². The molecule has 0 heterocycles. The van der Waals surface area contributed by atoms with Crippen molar-refractivity contribution in [3.8, 4) is 11.5 Å². The lowest BCUT2D eigenvalue weighted by molar-refractivity contribution is -0.183. The molecule has 0 amide bonds. The van der Waals surface area contributed by atoms with E-state index in [-0.39, 0.29) is 17.7 Å². The van der Waals surface area contributed by atoms with Gasteiger partial charge in [0.2, 0.25) is 0 Å². The van der Waals surface area contributed by atoms with Gasteiger partial charge in [0.05, 0.1) is 6.61 Å². The third kappa shape index (κ3) is 7.16. The molecule has 3 aliphatic carbocycles. The predicted molar refractivity (Wildman–Crippen MR) is 181 cm³/mol. The molecule has 3 aliphatic rings. The van der Waals surface area contributed by atoms with Crippen molar-refractivity contribution >= 4 is 0 Å². The van der Waals surface area contributed by atoms with Gasteiger partial charge in [-0.05, 0) is 114 Å². The first kappa shape index (κ1) is 32.3. The number of aryl methyl sites for hydroxylation is 1. The highest BCUT2D eigenvalue weighted by atomic mass is 19.1. The molecule has 0 spiro atoms. The summed E-state index contributed by atoms with van der Waals surface area (Å²) in [7, 11) is 1.61. The van der Waals surface area contributed by atoms with Crippen molar-refractivity contribution < 1.29 is 23.7 Å². The normalized spacial score (nSPS) is 26.4. The Kier molecular flexibility index (Phi) is 10.1. The highest BCUT2D eigenvalue weighted by Gasteiger charge is 2.49. The molecule has 5 heteroatoms. The van der Waals surface area contributed by atoms with Crippen LogP contribution in [0.2, 0.25) is 0 Å². The number of fused-ring (bicyclic) bond motifs is 2. The minimum atomic E-state index is -0.933. The number of hydrogen-bond donors (Lipinski definition) is 1. The highest BCUT2D eigenvalue weighted by Crippen LogP contribution is 2.51. The first-order valence-electron chi connectivity index (χ1n) is 17.0. The number of rotatable bonds is 9. The van der Waals surface area contributed by atoms with Crippen LogP contribution in [0.3, 0.4) is 0 Å². The SMILES string of the molecule is CC.COC1(O)CC2CC(COc3ccc(C4c5ccc(OCc6ccccc6)cc5CCC4c4ccc(F)cc4)cc3)CC2C1. The van der Waals surface area contributed by atoms with Crippen LogP contribution in [-0.2, 0) is 17.8 Å². The number of hydrogen-bond acceptors (Lipinski definition) is 4. The van der Waals surface area contributed by atoms with E-state index in [2.05, 4.69) is 54.6 Å². The van der Waals surface area contributed by atoms with Crippen LogP contribution in [-0.4, -0.2) is 24.6 Å².